The third kappa shape index (κ3) is 3.24. The number of halogens is 1. The van der Waals surface area contributed by atoms with Crippen LogP contribution < -0.4 is 11.2 Å². The number of aromatic nitrogens is 2. The average molecular weight is 335 g/mol. The summed E-state index contributed by atoms with van der Waals surface area (Å²) in [6.45, 7) is -0.437. The Labute approximate surface area is 135 Å². The number of hydrogen-bond acceptors (Lipinski definition) is 4. The highest BCUT2D eigenvalue weighted by molar-refractivity contribution is 5.87. The molecule has 1 aromatic heterocycles. The van der Waals surface area contributed by atoms with Crippen LogP contribution in [0.4, 0.5) is 4.39 Å². The van der Waals surface area contributed by atoms with Crippen LogP contribution in [0.2, 0.25) is 0 Å². The molecular weight excluding hydrogens is 321 g/mol. The van der Waals surface area contributed by atoms with Gasteiger partial charge in [0, 0.05) is 20.3 Å². The van der Waals surface area contributed by atoms with Crippen LogP contribution >= 0.6 is 0 Å². The van der Waals surface area contributed by atoms with Crippen molar-refractivity contribution in [2.24, 2.45) is 0 Å². The van der Waals surface area contributed by atoms with Crippen LogP contribution in [0.5, 0.6) is 0 Å². The summed E-state index contributed by atoms with van der Waals surface area (Å²) in [5.74, 6) is -2.58. The summed E-state index contributed by atoms with van der Waals surface area (Å²) >= 11 is 0. The minimum atomic E-state index is -1.54. The molecule has 8 nitrogen and oxygen atoms in total. The van der Waals surface area contributed by atoms with Crippen molar-refractivity contribution in [2.75, 3.05) is 14.1 Å². The molecule has 0 unspecified atom stereocenters. The van der Waals surface area contributed by atoms with Gasteiger partial charge >= 0.3 is 11.7 Å². The number of amides is 1. The number of carboxylic acid groups (broad SMARTS) is 1. The number of carboxylic acids is 1. The van der Waals surface area contributed by atoms with Crippen molar-refractivity contribution in [1.29, 1.82) is 0 Å². The molecule has 0 fully saturated rings. The van der Waals surface area contributed by atoms with E-state index in [1.165, 1.54) is 31.1 Å². The first-order valence-corrected chi connectivity index (χ1v) is 6.78. The van der Waals surface area contributed by atoms with E-state index in [-0.39, 0.29) is 5.69 Å². The number of carbonyl (C=O) groups is 2. The average Bonchev–Trinajstić information content (AvgIpc) is 2.51. The van der Waals surface area contributed by atoms with E-state index in [0.29, 0.717) is 4.57 Å². The van der Waals surface area contributed by atoms with Gasteiger partial charge in [-0.3, -0.25) is 14.2 Å². The Morgan fingerprint density at radius 2 is 1.75 bits per heavy atom. The van der Waals surface area contributed by atoms with E-state index < -0.39 is 41.1 Å². The molecule has 1 N–H and O–H groups in total. The molecule has 1 amide bonds. The quantitative estimate of drug-likeness (QED) is 0.842. The maximum atomic E-state index is 13.0. The molecule has 0 bridgehead atoms. The lowest BCUT2D eigenvalue weighted by atomic mass is 10.3. The van der Waals surface area contributed by atoms with Gasteiger partial charge in [-0.15, -0.1) is 0 Å². The summed E-state index contributed by atoms with van der Waals surface area (Å²) in [5.41, 5.74) is -2.63. The van der Waals surface area contributed by atoms with Crippen molar-refractivity contribution < 1.29 is 19.1 Å². The van der Waals surface area contributed by atoms with Crippen LogP contribution in [0.3, 0.4) is 0 Å². The van der Waals surface area contributed by atoms with E-state index in [1.807, 2.05) is 0 Å². The highest BCUT2D eigenvalue weighted by Gasteiger charge is 2.19. The smallest absolute Gasteiger partial charge is 0.342 e. The molecular formula is C15H14FN3O5. The van der Waals surface area contributed by atoms with Gasteiger partial charge in [0.2, 0.25) is 5.91 Å². The third-order valence-corrected chi connectivity index (χ3v) is 3.28. The van der Waals surface area contributed by atoms with Crippen LogP contribution in [-0.2, 0) is 11.3 Å². The first-order valence-electron chi connectivity index (χ1n) is 6.78. The number of hydrogen-bond donors (Lipinski definition) is 1. The number of likely N-dealkylation sites (N-methyl/N-ethyl adjacent to an activating group) is 1. The molecule has 0 radical (unpaired) electrons. The Morgan fingerprint density at radius 3 is 2.25 bits per heavy atom. The van der Waals surface area contributed by atoms with Gasteiger partial charge in [-0.25, -0.2) is 18.5 Å². The van der Waals surface area contributed by atoms with Crippen molar-refractivity contribution >= 4 is 11.9 Å². The number of aromatic carboxylic acids is 1. The van der Waals surface area contributed by atoms with Gasteiger partial charge in [0.1, 0.15) is 17.9 Å². The molecule has 0 aliphatic carbocycles. The van der Waals surface area contributed by atoms with E-state index in [1.54, 1.807) is 0 Å². The molecule has 0 saturated carbocycles. The summed E-state index contributed by atoms with van der Waals surface area (Å²) in [5, 5.41) is 9.16. The molecule has 9 heteroatoms. The maximum absolute atomic E-state index is 13.0. The van der Waals surface area contributed by atoms with Gasteiger partial charge in [-0.2, -0.15) is 0 Å². The number of nitrogens with zero attached hydrogens (tertiary/aromatic N) is 3. The summed E-state index contributed by atoms with van der Waals surface area (Å²) in [7, 11) is 2.95. The van der Waals surface area contributed by atoms with Gasteiger partial charge in [0.15, 0.2) is 0 Å². The van der Waals surface area contributed by atoms with Crippen LogP contribution in [0, 0.1) is 5.82 Å². The lowest BCUT2D eigenvalue weighted by molar-refractivity contribution is -0.129. The van der Waals surface area contributed by atoms with Gasteiger partial charge in [0.25, 0.3) is 5.56 Å². The summed E-state index contributed by atoms with van der Waals surface area (Å²) in [6, 6.07) is 4.40. The first kappa shape index (κ1) is 17.1. The van der Waals surface area contributed by atoms with E-state index in [9.17, 15) is 23.6 Å². The maximum Gasteiger partial charge on any atom is 0.342 e. The Kier molecular flexibility index (Phi) is 4.63. The van der Waals surface area contributed by atoms with Crippen LogP contribution in [0.25, 0.3) is 5.69 Å². The van der Waals surface area contributed by atoms with Crippen molar-refractivity contribution in [2.45, 2.75) is 6.54 Å². The van der Waals surface area contributed by atoms with E-state index in [0.717, 1.165) is 22.9 Å². The van der Waals surface area contributed by atoms with Gasteiger partial charge < -0.3 is 10.0 Å². The normalized spacial score (nSPS) is 10.5. The van der Waals surface area contributed by atoms with Crippen LogP contribution in [0.15, 0.2) is 40.1 Å². The lowest BCUT2D eigenvalue weighted by Crippen LogP contribution is -2.43. The summed E-state index contributed by atoms with van der Waals surface area (Å²) in [6.07, 6.45) is 0.828. The standard InChI is InChI=1S/C15H14FN3O5/c1-17(2)12(20)8-18-7-11(14(22)23)13(21)19(15(18)24)10-5-3-9(16)4-6-10/h3-7H,8H2,1-2H3,(H,22,23). The minimum Gasteiger partial charge on any atom is -0.477 e. The van der Waals surface area contributed by atoms with Crippen molar-refractivity contribution in [3.8, 4) is 5.69 Å². The van der Waals surface area contributed by atoms with Crippen LogP contribution in [-0.4, -0.2) is 45.1 Å². The van der Waals surface area contributed by atoms with Gasteiger partial charge in [-0.1, -0.05) is 0 Å². The highest BCUT2D eigenvalue weighted by atomic mass is 19.1. The molecule has 0 aliphatic rings. The Bertz CT molecular complexity index is 912. The number of benzene rings is 1. The fourth-order valence-electron chi connectivity index (χ4n) is 1.97. The second-order valence-electron chi connectivity index (χ2n) is 5.16. The van der Waals surface area contributed by atoms with Gasteiger partial charge in [-0.05, 0) is 24.3 Å². The fraction of sp³-hybridized carbons (Fsp3) is 0.200. The molecule has 0 atom stereocenters. The third-order valence-electron chi connectivity index (χ3n) is 3.28. The predicted octanol–water partition coefficient (Wildman–Crippen LogP) is -0.0753. The molecule has 0 saturated heterocycles. The topological polar surface area (TPSA) is 102 Å². The van der Waals surface area contributed by atoms with E-state index in [2.05, 4.69) is 0 Å². The molecule has 2 aromatic rings. The zero-order valence-electron chi connectivity index (χ0n) is 12.9. The molecule has 126 valence electrons. The molecule has 0 aliphatic heterocycles. The molecule has 24 heavy (non-hydrogen) atoms. The fourth-order valence-corrected chi connectivity index (χ4v) is 1.97. The Hall–Kier alpha value is -3.23. The van der Waals surface area contributed by atoms with Crippen molar-refractivity contribution in [3.05, 3.63) is 62.7 Å². The molecule has 1 aromatic carbocycles. The molecule has 0 spiro atoms. The Balaban J connectivity index is 2.73. The summed E-state index contributed by atoms with van der Waals surface area (Å²) in [4.78, 5) is 49.0. The van der Waals surface area contributed by atoms with Crippen molar-refractivity contribution in [1.82, 2.24) is 14.0 Å². The second-order valence-corrected chi connectivity index (χ2v) is 5.16. The second kappa shape index (κ2) is 6.49. The highest BCUT2D eigenvalue weighted by Crippen LogP contribution is 2.05. The van der Waals surface area contributed by atoms with E-state index >= 15 is 0 Å². The minimum absolute atomic E-state index is 0.000511. The van der Waals surface area contributed by atoms with E-state index in [4.69, 9.17) is 5.11 Å². The lowest BCUT2D eigenvalue weighted by Gasteiger charge is -2.14. The monoisotopic (exact) mass is 335 g/mol. The predicted molar refractivity (Wildman–Crippen MR) is 81.9 cm³/mol. The SMILES string of the molecule is CN(C)C(=O)Cn1cc(C(=O)O)c(=O)n(-c2ccc(F)cc2)c1=O. The van der Waals surface area contributed by atoms with Gasteiger partial charge in [0.05, 0.1) is 5.69 Å². The Morgan fingerprint density at radius 1 is 1.17 bits per heavy atom. The number of rotatable bonds is 4. The molecule has 2 rings (SSSR count). The first-order chi connectivity index (χ1) is 11.2. The summed E-state index contributed by atoms with van der Waals surface area (Å²) < 4.78 is 14.5. The van der Waals surface area contributed by atoms with Crippen molar-refractivity contribution in [3.63, 3.8) is 0 Å². The zero-order chi connectivity index (χ0) is 18.0. The van der Waals surface area contributed by atoms with Crippen LogP contribution in [0.1, 0.15) is 10.4 Å². The number of carbonyl (C=O) groups excluding carboxylic acids is 1. The largest absolute Gasteiger partial charge is 0.477 e. The zero-order valence-corrected chi connectivity index (χ0v) is 12.9. The molecule has 1 heterocycles.